The number of carbonyl (C=O) groups excluding carboxylic acids is 1. The summed E-state index contributed by atoms with van der Waals surface area (Å²) in [7, 11) is 0. The molecular formula is C20H18N2O. The molecular weight excluding hydrogens is 284 g/mol. The van der Waals surface area contributed by atoms with Gasteiger partial charge in [-0.25, -0.2) is 0 Å². The van der Waals surface area contributed by atoms with E-state index in [0.717, 1.165) is 5.56 Å². The van der Waals surface area contributed by atoms with Gasteiger partial charge in [-0.3, -0.25) is 4.79 Å². The molecule has 0 aliphatic carbocycles. The summed E-state index contributed by atoms with van der Waals surface area (Å²) >= 11 is 0. The van der Waals surface area contributed by atoms with Crippen LogP contribution in [0.5, 0.6) is 0 Å². The number of benzene rings is 2. The van der Waals surface area contributed by atoms with Crippen LogP contribution in [0, 0.1) is 6.92 Å². The fourth-order valence-corrected chi connectivity index (χ4v) is 2.43. The zero-order valence-corrected chi connectivity index (χ0v) is 13.0. The molecule has 3 aromatic rings. The molecule has 0 atom stereocenters. The number of rotatable bonds is 3. The Morgan fingerprint density at radius 3 is 2.52 bits per heavy atom. The molecule has 1 heterocycles. The molecule has 1 amide bonds. The van der Waals surface area contributed by atoms with Gasteiger partial charge in [-0.1, -0.05) is 54.1 Å². The molecule has 0 aliphatic rings. The molecule has 0 radical (unpaired) electrons. The van der Waals surface area contributed by atoms with Crippen molar-refractivity contribution < 1.29 is 4.79 Å². The molecule has 0 saturated carbocycles. The van der Waals surface area contributed by atoms with Crippen molar-refractivity contribution in [2.24, 2.45) is 4.99 Å². The lowest BCUT2D eigenvalue weighted by molar-refractivity contribution is 0.0997. The third kappa shape index (κ3) is 3.83. The summed E-state index contributed by atoms with van der Waals surface area (Å²) < 4.78 is 1.98. The zero-order chi connectivity index (χ0) is 16.1. The lowest BCUT2D eigenvalue weighted by Crippen LogP contribution is -2.22. The second-order valence-electron chi connectivity index (χ2n) is 5.46. The molecule has 1 aromatic heterocycles. The van der Waals surface area contributed by atoms with Gasteiger partial charge in [0.1, 0.15) is 5.49 Å². The van der Waals surface area contributed by atoms with E-state index in [4.69, 9.17) is 0 Å². The van der Waals surface area contributed by atoms with Gasteiger partial charge in [-0.2, -0.15) is 4.99 Å². The fourth-order valence-electron chi connectivity index (χ4n) is 2.43. The molecule has 23 heavy (non-hydrogen) atoms. The van der Waals surface area contributed by atoms with Gasteiger partial charge in [0.2, 0.25) is 0 Å². The SMILES string of the molecule is Cc1cccc(C(=O)N=c2ccccn2Cc2ccccc2)c1. The van der Waals surface area contributed by atoms with Crippen molar-refractivity contribution in [3.63, 3.8) is 0 Å². The Morgan fingerprint density at radius 1 is 0.957 bits per heavy atom. The van der Waals surface area contributed by atoms with Crippen LogP contribution in [0.4, 0.5) is 0 Å². The summed E-state index contributed by atoms with van der Waals surface area (Å²) in [5.74, 6) is -0.221. The number of aromatic nitrogens is 1. The summed E-state index contributed by atoms with van der Waals surface area (Å²) in [6.45, 7) is 2.65. The molecule has 0 bridgehead atoms. The summed E-state index contributed by atoms with van der Waals surface area (Å²) in [6, 6.07) is 23.3. The highest BCUT2D eigenvalue weighted by molar-refractivity contribution is 5.95. The lowest BCUT2D eigenvalue weighted by atomic mass is 10.1. The second-order valence-corrected chi connectivity index (χ2v) is 5.46. The average molecular weight is 302 g/mol. The van der Waals surface area contributed by atoms with E-state index in [0.29, 0.717) is 17.6 Å². The van der Waals surface area contributed by atoms with Crippen LogP contribution in [-0.2, 0) is 6.54 Å². The van der Waals surface area contributed by atoms with Gasteiger partial charge in [-0.05, 0) is 36.8 Å². The first-order chi connectivity index (χ1) is 11.2. The number of hydrogen-bond acceptors (Lipinski definition) is 1. The van der Waals surface area contributed by atoms with Crippen molar-refractivity contribution in [2.75, 3.05) is 0 Å². The molecule has 3 rings (SSSR count). The summed E-state index contributed by atoms with van der Waals surface area (Å²) in [6.07, 6.45) is 1.94. The monoisotopic (exact) mass is 302 g/mol. The predicted octanol–water partition coefficient (Wildman–Crippen LogP) is 3.59. The fraction of sp³-hybridized carbons (Fsp3) is 0.100. The van der Waals surface area contributed by atoms with Gasteiger partial charge >= 0.3 is 0 Å². The molecule has 0 fully saturated rings. The zero-order valence-electron chi connectivity index (χ0n) is 13.0. The number of amides is 1. The van der Waals surface area contributed by atoms with E-state index in [-0.39, 0.29) is 5.91 Å². The van der Waals surface area contributed by atoms with E-state index in [2.05, 4.69) is 17.1 Å². The van der Waals surface area contributed by atoms with Gasteiger partial charge in [-0.15, -0.1) is 0 Å². The van der Waals surface area contributed by atoms with Crippen LogP contribution in [0.1, 0.15) is 21.5 Å². The van der Waals surface area contributed by atoms with Crippen molar-refractivity contribution in [1.29, 1.82) is 0 Å². The van der Waals surface area contributed by atoms with Crippen LogP contribution in [0.15, 0.2) is 84.0 Å². The summed E-state index contributed by atoms with van der Waals surface area (Å²) in [4.78, 5) is 16.7. The number of nitrogens with zero attached hydrogens (tertiary/aromatic N) is 2. The standard InChI is InChI=1S/C20H18N2O/c1-16-8-7-11-18(14-16)20(23)21-19-12-5-6-13-22(19)15-17-9-3-2-4-10-17/h2-14H,15H2,1H3. The number of aryl methyl sites for hydroxylation is 1. The first-order valence-electron chi connectivity index (χ1n) is 7.57. The Hall–Kier alpha value is -2.94. The molecule has 0 aliphatic heterocycles. The van der Waals surface area contributed by atoms with Crippen LogP contribution in [-0.4, -0.2) is 10.5 Å². The van der Waals surface area contributed by atoms with Gasteiger partial charge in [0.15, 0.2) is 0 Å². The maximum Gasteiger partial charge on any atom is 0.278 e. The highest BCUT2D eigenvalue weighted by Gasteiger charge is 2.04. The van der Waals surface area contributed by atoms with Crippen molar-refractivity contribution in [1.82, 2.24) is 4.57 Å². The Kier molecular flexibility index (Phi) is 4.48. The van der Waals surface area contributed by atoms with Gasteiger partial charge in [0, 0.05) is 18.3 Å². The van der Waals surface area contributed by atoms with Crippen molar-refractivity contribution in [3.05, 3.63) is 101 Å². The molecule has 3 heteroatoms. The topological polar surface area (TPSA) is 34.4 Å². The summed E-state index contributed by atoms with van der Waals surface area (Å²) in [5.41, 5.74) is 3.49. The largest absolute Gasteiger partial charge is 0.328 e. The number of hydrogen-bond donors (Lipinski definition) is 0. The average Bonchev–Trinajstić information content (AvgIpc) is 2.57. The van der Waals surface area contributed by atoms with Crippen LogP contribution >= 0.6 is 0 Å². The normalized spacial score (nSPS) is 11.4. The van der Waals surface area contributed by atoms with Gasteiger partial charge in [0.25, 0.3) is 5.91 Å². The third-order valence-electron chi connectivity index (χ3n) is 3.59. The lowest BCUT2D eigenvalue weighted by Gasteiger charge is -2.07. The van der Waals surface area contributed by atoms with Crippen LogP contribution in [0.2, 0.25) is 0 Å². The molecule has 0 spiro atoms. The quantitative estimate of drug-likeness (QED) is 0.728. The highest BCUT2D eigenvalue weighted by Crippen LogP contribution is 2.05. The van der Waals surface area contributed by atoms with Gasteiger partial charge < -0.3 is 4.57 Å². The minimum Gasteiger partial charge on any atom is -0.328 e. The van der Waals surface area contributed by atoms with E-state index in [1.807, 2.05) is 72.3 Å². The minimum absolute atomic E-state index is 0.221. The van der Waals surface area contributed by atoms with Crippen molar-refractivity contribution in [3.8, 4) is 0 Å². The molecule has 2 aromatic carbocycles. The van der Waals surface area contributed by atoms with E-state index in [1.165, 1.54) is 5.56 Å². The Labute approximate surface area is 135 Å². The van der Waals surface area contributed by atoms with E-state index >= 15 is 0 Å². The first kappa shape index (κ1) is 15.0. The van der Waals surface area contributed by atoms with Gasteiger partial charge in [0.05, 0.1) is 0 Å². The first-order valence-corrected chi connectivity index (χ1v) is 7.57. The molecule has 3 nitrogen and oxygen atoms in total. The third-order valence-corrected chi connectivity index (χ3v) is 3.59. The Morgan fingerprint density at radius 2 is 1.74 bits per heavy atom. The number of pyridine rings is 1. The van der Waals surface area contributed by atoms with Crippen molar-refractivity contribution >= 4 is 5.91 Å². The van der Waals surface area contributed by atoms with E-state index < -0.39 is 0 Å². The maximum absolute atomic E-state index is 12.4. The Bertz CT molecular complexity index is 879. The smallest absolute Gasteiger partial charge is 0.278 e. The molecule has 0 unspecified atom stereocenters. The predicted molar refractivity (Wildman–Crippen MR) is 91.0 cm³/mol. The molecule has 0 N–H and O–H groups in total. The number of carbonyl (C=O) groups is 1. The highest BCUT2D eigenvalue weighted by atomic mass is 16.1. The van der Waals surface area contributed by atoms with Crippen molar-refractivity contribution in [2.45, 2.75) is 13.5 Å². The molecule has 0 saturated heterocycles. The maximum atomic E-state index is 12.4. The molecule has 114 valence electrons. The minimum atomic E-state index is -0.221. The summed E-state index contributed by atoms with van der Waals surface area (Å²) in [5, 5.41) is 0. The van der Waals surface area contributed by atoms with Crippen LogP contribution in [0.3, 0.4) is 0 Å². The van der Waals surface area contributed by atoms with E-state index in [9.17, 15) is 4.79 Å². The van der Waals surface area contributed by atoms with E-state index in [1.54, 1.807) is 6.07 Å². The Balaban J connectivity index is 1.95. The second kappa shape index (κ2) is 6.88. The van der Waals surface area contributed by atoms with Crippen LogP contribution < -0.4 is 5.49 Å². The van der Waals surface area contributed by atoms with Crippen LogP contribution in [0.25, 0.3) is 0 Å².